The molecule has 6 nitrogen and oxygen atoms in total. The van der Waals surface area contributed by atoms with Crippen molar-refractivity contribution in [2.75, 3.05) is 24.8 Å². The number of ether oxygens (including phenoxy) is 1. The highest BCUT2D eigenvalue weighted by atomic mass is 16.5. The summed E-state index contributed by atoms with van der Waals surface area (Å²) in [4.78, 5) is 8.74. The van der Waals surface area contributed by atoms with E-state index in [0.29, 0.717) is 12.4 Å². The summed E-state index contributed by atoms with van der Waals surface area (Å²) in [6, 6.07) is 5.93. The fourth-order valence-corrected chi connectivity index (χ4v) is 1.93. The number of methoxy groups -OCH3 is 1. The fourth-order valence-electron chi connectivity index (χ4n) is 1.93. The highest BCUT2D eigenvalue weighted by Gasteiger charge is 2.09. The number of aromatic nitrogens is 2. The topological polar surface area (TPSA) is 72.2 Å². The van der Waals surface area contributed by atoms with Crippen LogP contribution in [0.3, 0.4) is 0 Å². The summed E-state index contributed by atoms with van der Waals surface area (Å²) in [5.41, 5.74) is 0. The molecule has 0 radical (unpaired) electrons. The van der Waals surface area contributed by atoms with Crippen molar-refractivity contribution in [3.8, 4) is 0 Å². The van der Waals surface area contributed by atoms with E-state index in [2.05, 4.69) is 27.5 Å². The van der Waals surface area contributed by atoms with Crippen LogP contribution in [0.15, 0.2) is 28.9 Å². The van der Waals surface area contributed by atoms with Crippen LogP contribution in [-0.2, 0) is 17.8 Å². The van der Waals surface area contributed by atoms with Gasteiger partial charge in [-0.25, -0.2) is 9.97 Å². The lowest BCUT2D eigenvalue weighted by Gasteiger charge is -2.14. The van der Waals surface area contributed by atoms with Gasteiger partial charge in [-0.2, -0.15) is 0 Å². The normalized spacial score (nSPS) is 12.2. The van der Waals surface area contributed by atoms with Crippen molar-refractivity contribution in [1.82, 2.24) is 9.97 Å². The Labute approximate surface area is 118 Å². The first-order valence-electron chi connectivity index (χ1n) is 6.55. The van der Waals surface area contributed by atoms with Crippen LogP contribution in [0.1, 0.15) is 18.5 Å². The molecule has 0 aliphatic heterocycles. The molecule has 2 aromatic rings. The molecule has 0 bridgehead atoms. The monoisotopic (exact) mass is 276 g/mol. The van der Waals surface area contributed by atoms with E-state index in [1.165, 1.54) is 0 Å². The average molecular weight is 276 g/mol. The molecule has 0 aliphatic carbocycles. The second kappa shape index (κ2) is 6.91. The summed E-state index contributed by atoms with van der Waals surface area (Å²) < 4.78 is 10.4. The lowest BCUT2D eigenvalue weighted by molar-refractivity contribution is 0.178. The Morgan fingerprint density at radius 2 is 2.15 bits per heavy atom. The first-order valence-corrected chi connectivity index (χ1v) is 6.55. The Kier molecular flexibility index (Phi) is 4.95. The highest BCUT2D eigenvalue weighted by Crippen LogP contribution is 2.14. The molecule has 2 rings (SSSR count). The van der Waals surface area contributed by atoms with Crippen molar-refractivity contribution in [2.24, 2.45) is 0 Å². The van der Waals surface area contributed by atoms with E-state index in [4.69, 9.17) is 9.15 Å². The minimum Gasteiger partial charge on any atom is -0.469 e. The molecule has 108 valence electrons. The molecule has 0 spiro atoms. The lowest BCUT2D eigenvalue weighted by Crippen LogP contribution is -2.19. The molecular weight excluding hydrogens is 256 g/mol. The molecule has 0 saturated carbocycles. The van der Waals surface area contributed by atoms with Crippen LogP contribution in [0.25, 0.3) is 0 Å². The van der Waals surface area contributed by atoms with Crippen LogP contribution in [0, 0.1) is 0 Å². The largest absolute Gasteiger partial charge is 0.469 e. The van der Waals surface area contributed by atoms with E-state index in [1.807, 2.05) is 25.2 Å². The number of hydrogen-bond donors (Lipinski definition) is 2. The Hall–Kier alpha value is -2.08. The van der Waals surface area contributed by atoms with Crippen molar-refractivity contribution in [3.63, 3.8) is 0 Å². The van der Waals surface area contributed by atoms with Gasteiger partial charge in [0.25, 0.3) is 0 Å². The SMILES string of the molecule is CNc1cc(NC(C)Cc2ccco2)nc(COC)n1. The molecule has 2 N–H and O–H groups in total. The number of hydrogen-bond acceptors (Lipinski definition) is 6. The van der Waals surface area contributed by atoms with Crippen molar-refractivity contribution in [3.05, 3.63) is 36.0 Å². The Bertz CT molecular complexity index is 528. The molecular formula is C14H20N4O2. The zero-order valence-electron chi connectivity index (χ0n) is 12.0. The summed E-state index contributed by atoms with van der Waals surface area (Å²) in [5.74, 6) is 3.13. The Morgan fingerprint density at radius 1 is 1.35 bits per heavy atom. The number of anilines is 2. The molecule has 1 atom stereocenters. The molecule has 0 saturated heterocycles. The summed E-state index contributed by atoms with van der Waals surface area (Å²) >= 11 is 0. The van der Waals surface area contributed by atoms with Gasteiger partial charge in [0.1, 0.15) is 24.0 Å². The summed E-state index contributed by atoms with van der Waals surface area (Å²) in [6.45, 7) is 2.47. The van der Waals surface area contributed by atoms with Crippen molar-refractivity contribution < 1.29 is 9.15 Å². The van der Waals surface area contributed by atoms with Gasteiger partial charge in [0.05, 0.1) is 6.26 Å². The van der Waals surface area contributed by atoms with E-state index < -0.39 is 0 Å². The van der Waals surface area contributed by atoms with E-state index in [-0.39, 0.29) is 6.04 Å². The molecule has 0 aromatic carbocycles. The van der Waals surface area contributed by atoms with E-state index in [9.17, 15) is 0 Å². The van der Waals surface area contributed by atoms with Crippen molar-refractivity contribution in [2.45, 2.75) is 26.0 Å². The smallest absolute Gasteiger partial charge is 0.158 e. The van der Waals surface area contributed by atoms with Gasteiger partial charge in [-0.3, -0.25) is 0 Å². The third kappa shape index (κ3) is 3.96. The number of nitrogens with one attached hydrogen (secondary N) is 2. The third-order valence-electron chi connectivity index (χ3n) is 2.78. The Morgan fingerprint density at radius 3 is 2.80 bits per heavy atom. The van der Waals surface area contributed by atoms with Crippen molar-refractivity contribution in [1.29, 1.82) is 0 Å². The number of rotatable bonds is 7. The molecule has 2 aromatic heterocycles. The maximum absolute atomic E-state index is 5.34. The van der Waals surface area contributed by atoms with Crippen LogP contribution in [0.5, 0.6) is 0 Å². The second-order valence-corrected chi connectivity index (χ2v) is 4.57. The quantitative estimate of drug-likeness (QED) is 0.808. The maximum atomic E-state index is 5.34. The van der Waals surface area contributed by atoms with Crippen LogP contribution in [0.4, 0.5) is 11.6 Å². The summed E-state index contributed by atoms with van der Waals surface area (Å²) in [5, 5.41) is 6.37. The number of furan rings is 1. The molecule has 0 amide bonds. The minimum atomic E-state index is 0.205. The molecule has 1 unspecified atom stereocenters. The first kappa shape index (κ1) is 14.3. The Balaban J connectivity index is 2.05. The average Bonchev–Trinajstić information content (AvgIpc) is 2.91. The highest BCUT2D eigenvalue weighted by molar-refractivity contribution is 5.47. The molecule has 0 aliphatic rings. The molecule has 0 fully saturated rings. The maximum Gasteiger partial charge on any atom is 0.158 e. The van der Waals surface area contributed by atoms with Crippen LogP contribution in [0.2, 0.25) is 0 Å². The summed E-state index contributed by atoms with van der Waals surface area (Å²) in [7, 11) is 3.46. The lowest BCUT2D eigenvalue weighted by atomic mass is 10.2. The van der Waals surface area contributed by atoms with Gasteiger partial charge in [-0.05, 0) is 19.1 Å². The predicted molar refractivity (Wildman–Crippen MR) is 77.8 cm³/mol. The first-order chi connectivity index (χ1) is 9.71. The predicted octanol–water partition coefficient (Wildman–Crippen LogP) is 2.30. The zero-order chi connectivity index (χ0) is 14.4. The van der Waals surface area contributed by atoms with Gasteiger partial charge < -0.3 is 19.8 Å². The van der Waals surface area contributed by atoms with E-state index in [1.54, 1.807) is 13.4 Å². The molecule has 2 heterocycles. The molecule has 20 heavy (non-hydrogen) atoms. The van der Waals surface area contributed by atoms with Gasteiger partial charge in [0.2, 0.25) is 0 Å². The number of nitrogens with zero attached hydrogens (tertiary/aromatic N) is 2. The summed E-state index contributed by atoms with van der Waals surface area (Å²) in [6.07, 6.45) is 2.48. The standard InChI is InChI=1S/C14H20N4O2/c1-10(7-11-5-4-6-20-11)16-13-8-12(15-2)17-14(18-13)9-19-3/h4-6,8,10H,7,9H2,1-3H3,(H2,15,16,17,18). The molecule has 6 heteroatoms. The minimum absolute atomic E-state index is 0.205. The van der Waals surface area contributed by atoms with Gasteiger partial charge in [-0.1, -0.05) is 0 Å². The zero-order valence-corrected chi connectivity index (χ0v) is 12.0. The van der Waals surface area contributed by atoms with Gasteiger partial charge in [0, 0.05) is 32.7 Å². The van der Waals surface area contributed by atoms with Gasteiger partial charge in [-0.15, -0.1) is 0 Å². The van der Waals surface area contributed by atoms with Gasteiger partial charge in [0.15, 0.2) is 5.82 Å². The van der Waals surface area contributed by atoms with Crippen molar-refractivity contribution >= 4 is 11.6 Å². The van der Waals surface area contributed by atoms with E-state index >= 15 is 0 Å². The fraction of sp³-hybridized carbons (Fsp3) is 0.429. The second-order valence-electron chi connectivity index (χ2n) is 4.57. The van der Waals surface area contributed by atoms with Crippen LogP contribution in [-0.4, -0.2) is 30.2 Å². The van der Waals surface area contributed by atoms with Crippen LogP contribution < -0.4 is 10.6 Å². The van der Waals surface area contributed by atoms with E-state index in [0.717, 1.165) is 23.8 Å². The van der Waals surface area contributed by atoms with Gasteiger partial charge >= 0.3 is 0 Å². The van der Waals surface area contributed by atoms with Crippen LogP contribution >= 0.6 is 0 Å². The third-order valence-corrected chi connectivity index (χ3v) is 2.78.